The van der Waals surface area contributed by atoms with Crippen molar-refractivity contribution in [1.82, 2.24) is 25.0 Å². The van der Waals surface area contributed by atoms with Crippen molar-refractivity contribution in [2.24, 2.45) is 10.4 Å². The zero-order chi connectivity index (χ0) is 28.6. The quantitative estimate of drug-likeness (QED) is 0.485. The first kappa shape index (κ1) is 28.5. The number of urea groups is 1. The number of halogens is 2. The molecule has 1 aromatic heterocycles. The molecule has 1 unspecified atom stereocenters. The number of amides is 2. The lowest BCUT2D eigenvalue weighted by Gasteiger charge is -2.38. The normalized spacial score (nSPS) is 21.9. The molecule has 2 atom stereocenters. The molecule has 0 radical (unpaired) electrons. The van der Waals surface area contributed by atoms with Gasteiger partial charge < -0.3 is 19.9 Å². The zero-order valence-corrected chi connectivity index (χ0v) is 24.7. The van der Waals surface area contributed by atoms with E-state index in [9.17, 15) is 14.0 Å². The Labute approximate surface area is 242 Å². The number of aliphatic imine (C=N–C) groups is 1. The van der Waals surface area contributed by atoms with E-state index in [1.807, 2.05) is 15.2 Å². The Morgan fingerprint density at radius 3 is 2.77 bits per heavy atom. The second-order valence-corrected chi connectivity index (χ2v) is 12.7. The van der Waals surface area contributed by atoms with Crippen molar-refractivity contribution < 1.29 is 18.7 Å². The number of nitrogens with one attached hydrogen (secondary N) is 1. The topological polar surface area (TPSA) is 90.4 Å². The van der Waals surface area contributed by atoms with Gasteiger partial charge in [-0.05, 0) is 18.4 Å². The number of amidine groups is 1. The number of ether oxygens (including phenoxy) is 1. The second kappa shape index (κ2) is 11.5. The summed E-state index contributed by atoms with van der Waals surface area (Å²) in [5, 5.41) is 5.74. The first-order chi connectivity index (χ1) is 19.1. The lowest BCUT2D eigenvalue weighted by atomic mass is 9.95. The Morgan fingerprint density at radius 1 is 1.27 bits per heavy atom. The number of fused-ring (bicyclic) bond motifs is 1. The first-order valence-corrected chi connectivity index (χ1v) is 14.7. The molecular weight excluding hydrogens is 555 g/mol. The van der Waals surface area contributed by atoms with Crippen LogP contribution in [-0.4, -0.2) is 89.4 Å². The van der Waals surface area contributed by atoms with Crippen LogP contribution in [0.15, 0.2) is 46.0 Å². The number of carbonyl (C=O) groups is 2. The molecule has 2 aromatic rings. The highest BCUT2D eigenvalue weighted by Crippen LogP contribution is 2.37. The molecule has 0 saturated carbocycles. The van der Waals surface area contributed by atoms with Crippen molar-refractivity contribution in [3.05, 3.63) is 62.5 Å². The summed E-state index contributed by atoms with van der Waals surface area (Å²) in [5.41, 5.74) is 1.28. The molecule has 1 N–H and O–H groups in total. The lowest BCUT2D eigenvalue weighted by Crippen LogP contribution is -2.53. The third kappa shape index (κ3) is 5.87. The molecule has 1 aromatic carbocycles. The van der Waals surface area contributed by atoms with Crippen molar-refractivity contribution in [2.75, 3.05) is 45.9 Å². The van der Waals surface area contributed by atoms with E-state index in [-0.39, 0.29) is 34.7 Å². The fraction of sp³-hybridized carbons (Fsp3) is 0.500. The molecule has 3 aliphatic rings. The standard InChI is InChI=1S/C28H34ClFN6O3S/c1-5-39-26(37)21-20(15-34-10-11-36-17(13-34)14-35(27(36)38)16-28(2,3)4)32-24(25-31-9-12-40-25)33-23(21)18-7-6-8-19(30)22(18)29/h6-9,12,17,23H,5,10-11,13-16H2,1-4H3,(H,32,33)/t17?,23-/m0/s1. The fourth-order valence-electron chi connectivity index (χ4n) is 5.49. The van der Waals surface area contributed by atoms with Crippen LogP contribution in [0.4, 0.5) is 9.18 Å². The molecule has 9 nitrogen and oxygen atoms in total. The Morgan fingerprint density at radius 2 is 2.08 bits per heavy atom. The maximum absolute atomic E-state index is 14.6. The number of piperazine rings is 1. The van der Waals surface area contributed by atoms with Gasteiger partial charge in [-0.2, -0.15) is 0 Å². The van der Waals surface area contributed by atoms with Gasteiger partial charge in [-0.3, -0.25) is 9.89 Å². The summed E-state index contributed by atoms with van der Waals surface area (Å²) in [6.45, 7) is 11.9. The predicted molar refractivity (Wildman–Crippen MR) is 153 cm³/mol. The smallest absolute Gasteiger partial charge is 0.338 e. The number of carbonyl (C=O) groups excluding carboxylic acids is 2. The van der Waals surface area contributed by atoms with Crippen LogP contribution in [-0.2, 0) is 9.53 Å². The summed E-state index contributed by atoms with van der Waals surface area (Å²) in [4.78, 5) is 41.8. The molecule has 0 spiro atoms. The van der Waals surface area contributed by atoms with Crippen molar-refractivity contribution in [1.29, 1.82) is 0 Å². The minimum atomic E-state index is -0.881. The predicted octanol–water partition coefficient (Wildman–Crippen LogP) is 4.31. The van der Waals surface area contributed by atoms with Crippen LogP contribution < -0.4 is 5.32 Å². The van der Waals surface area contributed by atoms with Crippen molar-refractivity contribution >= 4 is 40.8 Å². The summed E-state index contributed by atoms with van der Waals surface area (Å²) in [6, 6.07) is 3.76. The van der Waals surface area contributed by atoms with Gasteiger partial charge in [0.15, 0.2) is 10.8 Å². The van der Waals surface area contributed by atoms with E-state index in [1.54, 1.807) is 25.3 Å². The van der Waals surface area contributed by atoms with Crippen molar-refractivity contribution in [2.45, 2.75) is 39.8 Å². The van der Waals surface area contributed by atoms with E-state index < -0.39 is 17.8 Å². The third-order valence-electron chi connectivity index (χ3n) is 7.09. The molecule has 0 bridgehead atoms. The monoisotopic (exact) mass is 588 g/mol. The number of nitrogens with zero attached hydrogens (tertiary/aromatic N) is 5. The Hall–Kier alpha value is -3.02. The largest absolute Gasteiger partial charge is 0.463 e. The van der Waals surface area contributed by atoms with Crippen LogP contribution >= 0.6 is 22.9 Å². The Bertz CT molecular complexity index is 1340. The molecule has 4 heterocycles. The fourth-order valence-corrected chi connectivity index (χ4v) is 6.31. The Balaban J connectivity index is 1.48. The number of rotatable bonds is 7. The van der Waals surface area contributed by atoms with Gasteiger partial charge in [-0.15, -0.1) is 11.3 Å². The zero-order valence-electron chi connectivity index (χ0n) is 23.1. The summed E-state index contributed by atoms with van der Waals surface area (Å²) >= 11 is 7.82. The van der Waals surface area contributed by atoms with Gasteiger partial charge in [0.1, 0.15) is 11.9 Å². The van der Waals surface area contributed by atoms with E-state index in [0.717, 1.165) is 0 Å². The maximum atomic E-state index is 14.6. The van der Waals surface area contributed by atoms with Crippen LogP contribution in [0.3, 0.4) is 0 Å². The van der Waals surface area contributed by atoms with Gasteiger partial charge in [0.2, 0.25) is 0 Å². The van der Waals surface area contributed by atoms with Crippen LogP contribution in [0.5, 0.6) is 0 Å². The SMILES string of the molecule is CCOC(=O)C1=C(CN2CCN3C(=O)N(CC(C)(C)C)CC3C2)NC(c2nccs2)=N[C@H]1c1cccc(F)c1Cl. The van der Waals surface area contributed by atoms with Crippen LogP contribution in [0.2, 0.25) is 5.02 Å². The third-order valence-corrected chi connectivity index (χ3v) is 8.27. The van der Waals surface area contributed by atoms with Gasteiger partial charge in [-0.25, -0.2) is 19.0 Å². The number of hydrogen-bond donors (Lipinski definition) is 1. The van der Waals surface area contributed by atoms with Gasteiger partial charge in [0.25, 0.3) is 0 Å². The Kier molecular flexibility index (Phi) is 8.17. The van der Waals surface area contributed by atoms with Crippen molar-refractivity contribution in [3.63, 3.8) is 0 Å². The summed E-state index contributed by atoms with van der Waals surface area (Å²) in [7, 11) is 0. The molecule has 2 fully saturated rings. The highest BCUT2D eigenvalue weighted by Gasteiger charge is 2.42. The summed E-state index contributed by atoms with van der Waals surface area (Å²) < 4.78 is 20.0. The highest BCUT2D eigenvalue weighted by atomic mass is 35.5. The number of hydrogen-bond acceptors (Lipinski definition) is 8. The first-order valence-electron chi connectivity index (χ1n) is 13.4. The average molecular weight is 589 g/mol. The average Bonchev–Trinajstić information content (AvgIpc) is 3.53. The summed E-state index contributed by atoms with van der Waals surface area (Å²) in [6.07, 6.45) is 1.68. The van der Waals surface area contributed by atoms with Crippen LogP contribution in [0.1, 0.15) is 44.3 Å². The molecule has 2 saturated heterocycles. The lowest BCUT2D eigenvalue weighted by molar-refractivity contribution is -0.139. The highest BCUT2D eigenvalue weighted by molar-refractivity contribution is 7.11. The van der Waals surface area contributed by atoms with E-state index in [0.29, 0.717) is 61.4 Å². The number of thiazole rings is 1. The minimum Gasteiger partial charge on any atom is -0.463 e. The second-order valence-electron chi connectivity index (χ2n) is 11.4. The molecule has 0 aliphatic carbocycles. The van der Waals surface area contributed by atoms with Gasteiger partial charge in [-0.1, -0.05) is 44.5 Å². The number of benzene rings is 1. The maximum Gasteiger partial charge on any atom is 0.338 e. The minimum absolute atomic E-state index is 0.00803. The number of aromatic nitrogens is 1. The van der Waals surface area contributed by atoms with E-state index >= 15 is 0 Å². The molecule has 12 heteroatoms. The van der Waals surface area contributed by atoms with Crippen molar-refractivity contribution in [3.8, 4) is 0 Å². The van der Waals surface area contributed by atoms with Gasteiger partial charge >= 0.3 is 12.0 Å². The van der Waals surface area contributed by atoms with E-state index in [2.05, 4.69) is 36.0 Å². The molecule has 214 valence electrons. The van der Waals surface area contributed by atoms with Gasteiger partial charge in [0.05, 0.1) is 23.2 Å². The number of esters is 1. The molecule has 5 rings (SSSR count). The van der Waals surface area contributed by atoms with E-state index in [4.69, 9.17) is 21.3 Å². The molecule has 3 aliphatic heterocycles. The van der Waals surface area contributed by atoms with Gasteiger partial charge in [0, 0.05) is 62.1 Å². The van der Waals surface area contributed by atoms with Crippen LogP contribution in [0.25, 0.3) is 0 Å². The van der Waals surface area contributed by atoms with E-state index in [1.165, 1.54) is 17.4 Å². The summed E-state index contributed by atoms with van der Waals surface area (Å²) in [5.74, 6) is -0.645. The molecular formula is C28H34ClFN6O3S. The molecule has 40 heavy (non-hydrogen) atoms. The van der Waals surface area contributed by atoms with Crippen LogP contribution in [0, 0.1) is 11.2 Å². The molecule has 2 amide bonds.